The van der Waals surface area contributed by atoms with Crippen molar-refractivity contribution < 1.29 is 16.8 Å². The van der Waals surface area contributed by atoms with E-state index in [9.17, 15) is 16.8 Å². The number of nitrogens with zero attached hydrogens (tertiary/aromatic N) is 2. The maximum absolute atomic E-state index is 12.2. The Balaban J connectivity index is 1.34. The summed E-state index contributed by atoms with van der Waals surface area (Å²) in [5.74, 6) is 0. The topological polar surface area (TPSA) is 98.8 Å². The molecule has 1 aliphatic heterocycles. The maximum Gasteiger partial charge on any atom is 0.240 e. The lowest BCUT2D eigenvalue weighted by Gasteiger charge is -2.34. The quantitative estimate of drug-likeness (QED) is 0.547. The molecule has 2 aromatic carbocycles. The van der Waals surface area contributed by atoms with Crippen LogP contribution >= 0.6 is 0 Å². The molecule has 2 aromatic rings. The van der Waals surface area contributed by atoms with Crippen LogP contribution in [0.15, 0.2) is 70.5 Å². The van der Waals surface area contributed by atoms with Gasteiger partial charge in [-0.25, -0.2) is 26.3 Å². The molecule has 10 heteroatoms. The highest BCUT2D eigenvalue weighted by Crippen LogP contribution is 2.08. The van der Waals surface area contributed by atoms with Crippen LogP contribution in [0.3, 0.4) is 0 Å². The first-order valence-corrected chi connectivity index (χ1v) is 12.9. The summed E-state index contributed by atoms with van der Waals surface area (Å²) >= 11 is 0. The first kappa shape index (κ1) is 22.9. The van der Waals surface area contributed by atoms with E-state index in [0.717, 1.165) is 26.2 Å². The fourth-order valence-electron chi connectivity index (χ4n) is 3.28. The van der Waals surface area contributed by atoms with Crippen LogP contribution < -0.4 is 9.44 Å². The molecule has 8 nitrogen and oxygen atoms in total. The van der Waals surface area contributed by atoms with Crippen molar-refractivity contribution in [1.82, 2.24) is 19.2 Å². The van der Waals surface area contributed by atoms with E-state index < -0.39 is 20.0 Å². The van der Waals surface area contributed by atoms with Gasteiger partial charge < -0.3 is 0 Å². The van der Waals surface area contributed by atoms with Crippen LogP contribution in [0.5, 0.6) is 0 Å². The largest absolute Gasteiger partial charge is 0.299 e. The molecule has 30 heavy (non-hydrogen) atoms. The first-order chi connectivity index (χ1) is 14.4. The van der Waals surface area contributed by atoms with E-state index in [-0.39, 0.29) is 9.79 Å². The fourth-order valence-corrected chi connectivity index (χ4v) is 5.36. The normalized spacial score (nSPS) is 16.5. The van der Waals surface area contributed by atoms with E-state index in [1.54, 1.807) is 60.7 Å². The van der Waals surface area contributed by atoms with Crippen LogP contribution in [0.25, 0.3) is 0 Å². The smallest absolute Gasteiger partial charge is 0.240 e. The molecule has 0 unspecified atom stereocenters. The number of nitrogens with one attached hydrogen (secondary N) is 2. The summed E-state index contributed by atoms with van der Waals surface area (Å²) in [6.07, 6.45) is 0. The van der Waals surface area contributed by atoms with E-state index in [4.69, 9.17) is 0 Å². The summed E-state index contributed by atoms with van der Waals surface area (Å²) < 4.78 is 54.2. The van der Waals surface area contributed by atoms with Crippen molar-refractivity contribution >= 4 is 20.0 Å². The van der Waals surface area contributed by atoms with Gasteiger partial charge in [-0.2, -0.15) is 0 Å². The standard InChI is InChI=1S/C20H28N4O4S2/c25-29(26,19-7-3-1-4-8-19)21-11-13-23-15-17-24(18-16-23)14-12-22-30(27,28)20-9-5-2-6-10-20/h1-10,21-22H,11-18H2. The van der Waals surface area contributed by atoms with E-state index >= 15 is 0 Å². The molecular formula is C20H28N4O4S2. The lowest BCUT2D eigenvalue weighted by molar-refractivity contribution is 0.136. The summed E-state index contributed by atoms with van der Waals surface area (Å²) in [6.45, 7) is 5.26. The van der Waals surface area contributed by atoms with Crippen LogP contribution in [0.2, 0.25) is 0 Å². The minimum Gasteiger partial charge on any atom is -0.299 e. The summed E-state index contributed by atoms with van der Waals surface area (Å²) in [4.78, 5) is 4.96. The number of sulfonamides is 2. The van der Waals surface area contributed by atoms with Gasteiger partial charge >= 0.3 is 0 Å². The molecule has 164 valence electrons. The predicted octanol–water partition coefficient (Wildman–Crippen LogP) is 0.561. The van der Waals surface area contributed by atoms with Gasteiger partial charge in [0.05, 0.1) is 9.79 Å². The SMILES string of the molecule is O=S(=O)(NCCN1CCN(CCNS(=O)(=O)c2ccccc2)CC1)c1ccccc1. The number of hydrogen-bond acceptors (Lipinski definition) is 6. The van der Waals surface area contributed by atoms with E-state index in [1.807, 2.05) is 0 Å². The zero-order valence-corrected chi connectivity index (χ0v) is 18.4. The van der Waals surface area contributed by atoms with Gasteiger partial charge in [0.2, 0.25) is 20.0 Å². The molecule has 3 rings (SSSR count). The molecule has 0 aliphatic carbocycles. The van der Waals surface area contributed by atoms with Gasteiger partial charge in [-0.15, -0.1) is 0 Å². The average molecular weight is 453 g/mol. The highest BCUT2D eigenvalue weighted by molar-refractivity contribution is 7.89. The number of benzene rings is 2. The molecule has 0 amide bonds. The zero-order valence-electron chi connectivity index (χ0n) is 16.8. The minimum atomic E-state index is -3.47. The van der Waals surface area contributed by atoms with Crippen LogP contribution in [0.1, 0.15) is 0 Å². The summed E-state index contributed by atoms with van der Waals surface area (Å²) in [7, 11) is -6.95. The lowest BCUT2D eigenvalue weighted by Crippen LogP contribution is -2.49. The average Bonchev–Trinajstić information content (AvgIpc) is 2.76. The maximum atomic E-state index is 12.2. The van der Waals surface area contributed by atoms with Crippen molar-refractivity contribution in [3.63, 3.8) is 0 Å². The Labute approximate surface area is 179 Å². The van der Waals surface area contributed by atoms with Gasteiger partial charge in [0.1, 0.15) is 0 Å². The van der Waals surface area contributed by atoms with Crippen LogP contribution in [-0.4, -0.2) is 79.0 Å². The van der Waals surface area contributed by atoms with Gasteiger partial charge in [-0.3, -0.25) is 9.80 Å². The van der Waals surface area contributed by atoms with Crippen molar-refractivity contribution in [3.8, 4) is 0 Å². The van der Waals surface area contributed by atoms with Crippen LogP contribution in [0.4, 0.5) is 0 Å². The van der Waals surface area contributed by atoms with Crippen molar-refractivity contribution in [2.24, 2.45) is 0 Å². The number of hydrogen-bond donors (Lipinski definition) is 2. The molecule has 1 aliphatic rings. The molecule has 0 bridgehead atoms. The van der Waals surface area contributed by atoms with E-state index in [0.29, 0.717) is 26.2 Å². The van der Waals surface area contributed by atoms with Gasteiger partial charge in [-0.1, -0.05) is 36.4 Å². The Morgan fingerprint density at radius 2 is 0.933 bits per heavy atom. The predicted molar refractivity (Wildman–Crippen MR) is 116 cm³/mol. The number of piperazine rings is 1. The van der Waals surface area contributed by atoms with Crippen molar-refractivity contribution in [1.29, 1.82) is 0 Å². The van der Waals surface area contributed by atoms with Crippen molar-refractivity contribution in [2.45, 2.75) is 9.79 Å². The Bertz CT molecular complexity index is 908. The van der Waals surface area contributed by atoms with Crippen LogP contribution in [0, 0.1) is 0 Å². The molecule has 0 radical (unpaired) electrons. The molecule has 0 aromatic heterocycles. The Kier molecular flexibility index (Phi) is 7.98. The number of rotatable bonds is 10. The highest BCUT2D eigenvalue weighted by atomic mass is 32.2. The summed E-state index contributed by atoms with van der Waals surface area (Å²) in [5.41, 5.74) is 0. The molecule has 1 saturated heterocycles. The lowest BCUT2D eigenvalue weighted by atomic mass is 10.3. The molecule has 1 fully saturated rings. The first-order valence-electron chi connectivity index (χ1n) is 9.91. The van der Waals surface area contributed by atoms with Gasteiger partial charge in [0.15, 0.2) is 0 Å². The summed E-state index contributed by atoms with van der Waals surface area (Å²) in [6, 6.07) is 16.7. The molecule has 1 heterocycles. The third-order valence-corrected chi connectivity index (χ3v) is 7.97. The molecule has 0 saturated carbocycles. The highest BCUT2D eigenvalue weighted by Gasteiger charge is 2.19. The van der Waals surface area contributed by atoms with Crippen molar-refractivity contribution in [2.75, 3.05) is 52.4 Å². The third kappa shape index (κ3) is 6.59. The molecule has 0 atom stereocenters. The Morgan fingerprint density at radius 3 is 1.27 bits per heavy atom. The third-order valence-electron chi connectivity index (χ3n) is 5.01. The molecule has 2 N–H and O–H groups in total. The Hall–Kier alpha value is -1.82. The fraction of sp³-hybridized carbons (Fsp3) is 0.400. The second kappa shape index (κ2) is 10.5. The molecule has 0 spiro atoms. The van der Waals surface area contributed by atoms with E-state index in [2.05, 4.69) is 19.2 Å². The monoisotopic (exact) mass is 452 g/mol. The second-order valence-corrected chi connectivity index (χ2v) is 10.6. The summed E-state index contributed by atoms with van der Waals surface area (Å²) in [5, 5.41) is 0. The molecular weight excluding hydrogens is 424 g/mol. The second-order valence-electron chi connectivity index (χ2n) is 7.10. The van der Waals surface area contributed by atoms with Gasteiger partial charge in [-0.05, 0) is 24.3 Å². The van der Waals surface area contributed by atoms with Crippen LogP contribution in [-0.2, 0) is 20.0 Å². The minimum absolute atomic E-state index is 0.271. The van der Waals surface area contributed by atoms with Gasteiger partial charge in [0, 0.05) is 52.4 Å². The zero-order chi connectivity index (χ0) is 21.5. The van der Waals surface area contributed by atoms with Crippen molar-refractivity contribution in [3.05, 3.63) is 60.7 Å². The Morgan fingerprint density at radius 1 is 0.600 bits per heavy atom. The van der Waals surface area contributed by atoms with E-state index in [1.165, 1.54) is 0 Å². The van der Waals surface area contributed by atoms with Gasteiger partial charge in [0.25, 0.3) is 0 Å².